The summed E-state index contributed by atoms with van der Waals surface area (Å²) in [4.78, 5) is 4.34. The Kier molecular flexibility index (Phi) is 2.29. The molecule has 0 aliphatic rings. The van der Waals surface area contributed by atoms with Gasteiger partial charge in [0.1, 0.15) is 0 Å². The third kappa shape index (κ3) is 1.87. The van der Waals surface area contributed by atoms with E-state index in [1.165, 1.54) is 0 Å². The number of hydrogen-bond acceptors (Lipinski definition) is 2. The summed E-state index contributed by atoms with van der Waals surface area (Å²) in [6, 6.07) is 16.3. The van der Waals surface area contributed by atoms with Gasteiger partial charge in [0.15, 0.2) is 0 Å². The average Bonchev–Trinajstić information content (AvgIpc) is 2.72. The summed E-state index contributed by atoms with van der Waals surface area (Å²) < 4.78 is 2.02. The molecule has 0 fully saturated rings. The summed E-state index contributed by atoms with van der Waals surface area (Å²) in [5.41, 5.74) is 4.29. The normalized spacial score (nSPS) is 10.6. The molecule has 0 aliphatic carbocycles. The Morgan fingerprint density at radius 3 is 2.65 bits per heavy atom. The minimum Gasteiger partial charge on any atom is -0.355 e. The van der Waals surface area contributed by atoms with Crippen molar-refractivity contribution in [1.82, 2.24) is 9.55 Å². The van der Waals surface area contributed by atoms with Gasteiger partial charge in [-0.05, 0) is 30.3 Å². The molecule has 0 saturated heterocycles. The van der Waals surface area contributed by atoms with Gasteiger partial charge in [-0.2, -0.15) is 0 Å². The molecule has 3 nitrogen and oxygen atoms in total. The lowest BCUT2D eigenvalue weighted by molar-refractivity contribution is 0.948. The highest BCUT2D eigenvalue weighted by molar-refractivity contribution is 5.80. The number of rotatable bonds is 2. The number of aromatic nitrogens is 2. The molecule has 3 rings (SSSR count). The molecule has 17 heavy (non-hydrogen) atoms. The van der Waals surface area contributed by atoms with Crippen LogP contribution in [0.4, 0.5) is 11.4 Å². The molecular formula is C14H13N3. The smallest absolute Gasteiger partial charge is 0.0955 e. The summed E-state index contributed by atoms with van der Waals surface area (Å²) in [7, 11) is 2.00. The molecule has 2 aromatic carbocycles. The van der Waals surface area contributed by atoms with Crippen LogP contribution in [0.15, 0.2) is 54.9 Å². The molecule has 0 atom stereocenters. The second kappa shape index (κ2) is 3.94. The van der Waals surface area contributed by atoms with Crippen LogP contribution in [0.25, 0.3) is 11.0 Å². The van der Waals surface area contributed by atoms with Gasteiger partial charge in [0.05, 0.1) is 17.4 Å². The number of imidazole rings is 1. The number of benzene rings is 2. The van der Waals surface area contributed by atoms with Gasteiger partial charge in [-0.15, -0.1) is 0 Å². The Balaban J connectivity index is 1.96. The molecule has 1 N–H and O–H groups in total. The second-order valence-corrected chi connectivity index (χ2v) is 4.05. The molecule has 0 radical (unpaired) electrons. The molecule has 0 unspecified atom stereocenters. The molecule has 0 aliphatic heterocycles. The van der Waals surface area contributed by atoms with Crippen LogP contribution >= 0.6 is 0 Å². The lowest BCUT2D eigenvalue weighted by atomic mass is 10.2. The summed E-state index contributed by atoms with van der Waals surface area (Å²) >= 11 is 0. The zero-order valence-corrected chi connectivity index (χ0v) is 9.59. The monoisotopic (exact) mass is 223 g/mol. The minimum absolute atomic E-state index is 1.01. The quantitative estimate of drug-likeness (QED) is 0.722. The van der Waals surface area contributed by atoms with Gasteiger partial charge in [-0.1, -0.05) is 18.2 Å². The summed E-state index contributed by atoms with van der Waals surface area (Å²) in [6.45, 7) is 0. The first-order valence-electron chi connectivity index (χ1n) is 5.56. The van der Waals surface area contributed by atoms with E-state index in [1.54, 1.807) is 0 Å². The lowest BCUT2D eigenvalue weighted by Crippen LogP contribution is -1.90. The number of nitrogens with one attached hydrogen (secondary N) is 1. The van der Waals surface area contributed by atoms with Crippen LogP contribution in [-0.4, -0.2) is 9.55 Å². The SMILES string of the molecule is Cn1cnc2cc(Nc3ccccc3)ccc21. The highest BCUT2D eigenvalue weighted by Gasteiger charge is 2.00. The summed E-state index contributed by atoms with van der Waals surface area (Å²) in [6.07, 6.45) is 1.83. The largest absolute Gasteiger partial charge is 0.355 e. The van der Waals surface area contributed by atoms with Crippen LogP contribution in [0.2, 0.25) is 0 Å². The molecule has 3 aromatic rings. The van der Waals surface area contributed by atoms with Crippen molar-refractivity contribution in [2.45, 2.75) is 0 Å². The predicted molar refractivity (Wildman–Crippen MR) is 70.4 cm³/mol. The number of hydrogen-bond donors (Lipinski definition) is 1. The molecule has 1 heterocycles. The number of anilines is 2. The fourth-order valence-electron chi connectivity index (χ4n) is 1.90. The van der Waals surface area contributed by atoms with E-state index in [2.05, 4.69) is 28.5 Å². The first-order valence-corrected chi connectivity index (χ1v) is 5.56. The lowest BCUT2D eigenvalue weighted by Gasteiger charge is -2.06. The number of fused-ring (bicyclic) bond motifs is 1. The van der Waals surface area contributed by atoms with Crippen molar-refractivity contribution < 1.29 is 0 Å². The maximum Gasteiger partial charge on any atom is 0.0955 e. The summed E-state index contributed by atoms with van der Waals surface area (Å²) in [5, 5.41) is 3.36. The maximum atomic E-state index is 4.34. The molecule has 0 saturated carbocycles. The zero-order valence-electron chi connectivity index (χ0n) is 9.59. The number of aryl methyl sites for hydroxylation is 1. The van der Waals surface area contributed by atoms with E-state index >= 15 is 0 Å². The molecule has 84 valence electrons. The van der Waals surface area contributed by atoms with Crippen molar-refractivity contribution in [3.8, 4) is 0 Å². The van der Waals surface area contributed by atoms with E-state index in [-0.39, 0.29) is 0 Å². The highest BCUT2D eigenvalue weighted by atomic mass is 15.0. The third-order valence-electron chi connectivity index (χ3n) is 2.79. The van der Waals surface area contributed by atoms with Gasteiger partial charge < -0.3 is 9.88 Å². The number of para-hydroxylation sites is 1. The summed E-state index contributed by atoms with van der Waals surface area (Å²) in [5.74, 6) is 0. The van der Waals surface area contributed by atoms with Crippen molar-refractivity contribution in [1.29, 1.82) is 0 Å². The predicted octanol–water partition coefficient (Wildman–Crippen LogP) is 3.32. The van der Waals surface area contributed by atoms with E-state index < -0.39 is 0 Å². The fourth-order valence-corrected chi connectivity index (χ4v) is 1.90. The van der Waals surface area contributed by atoms with Crippen LogP contribution in [0.1, 0.15) is 0 Å². The molecule has 0 bridgehead atoms. The van der Waals surface area contributed by atoms with Crippen LogP contribution in [0.3, 0.4) is 0 Å². The average molecular weight is 223 g/mol. The van der Waals surface area contributed by atoms with Gasteiger partial charge in [0.25, 0.3) is 0 Å². The van der Waals surface area contributed by atoms with E-state index in [0.717, 1.165) is 22.4 Å². The fraction of sp³-hybridized carbons (Fsp3) is 0.0714. The third-order valence-corrected chi connectivity index (χ3v) is 2.79. The van der Waals surface area contributed by atoms with E-state index in [4.69, 9.17) is 0 Å². The topological polar surface area (TPSA) is 29.9 Å². The van der Waals surface area contributed by atoms with Gasteiger partial charge in [-0.3, -0.25) is 0 Å². The molecule has 0 amide bonds. The van der Waals surface area contributed by atoms with E-state index in [0.29, 0.717) is 0 Å². The van der Waals surface area contributed by atoms with E-state index in [1.807, 2.05) is 48.3 Å². The van der Waals surface area contributed by atoms with Crippen molar-refractivity contribution in [2.24, 2.45) is 7.05 Å². The van der Waals surface area contributed by atoms with Crippen molar-refractivity contribution in [3.05, 3.63) is 54.9 Å². The van der Waals surface area contributed by atoms with Gasteiger partial charge in [0.2, 0.25) is 0 Å². The molecule has 0 spiro atoms. The van der Waals surface area contributed by atoms with Gasteiger partial charge in [-0.25, -0.2) is 4.98 Å². The van der Waals surface area contributed by atoms with E-state index in [9.17, 15) is 0 Å². The van der Waals surface area contributed by atoms with Crippen molar-refractivity contribution >= 4 is 22.4 Å². The van der Waals surface area contributed by atoms with Crippen LogP contribution in [0, 0.1) is 0 Å². The molecule has 3 heteroatoms. The van der Waals surface area contributed by atoms with Crippen molar-refractivity contribution in [3.63, 3.8) is 0 Å². The van der Waals surface area contributed by atoms with Gasteiger partial charge >= 0.3 is 0 Å². The first-order chi connectivity index (χ1) is 8.33. The minimum atomic E-state index is 1.01. The maximum absolute atomic E-state index is 4.34. The van der Waals surface area contributed by atoms with Crippen LogP contribution in [-0.2, 0) is 7.05 Å². The highest BCUT2D eigenvalue weighted by Crippen LogP contribution is 2.20. The molecule has 1 aromatic heterocycles. The molecular weight excluding hydrogens is 210 g/mol. The Bertz CT molecular complexity index is 641. The second-order valence-electron chi connectivity index (χ2n) is 4.05. The Hall–Kier alpha value is -2.29. The Morgan fingerprint density at radius 2 is 1.82 bits per heavy atom. The Labute approximate surface area is 99.7 Å². The van der Waals surface area contributed by atoms with Crippen LogP contribution in [0.5, 0.6) is 0 Å². The van der Waals surface area contributed by atoms with Gasteiger partial charge in [0, 0.05) is 18.4 Å². The van der Waals surface area contributed by atoms with Crippen molar-refractivity contribution in [2.75, 3.05) is 5.32 Å². The van der Waals surface area contributed by atoms with Crippen LogP contribution < -0.4 is 5.32 Å². The first kappa shape index (κ1) is 9.90. The number of nitrogens with zero attached hydrogens (tertiary/aromatic N) is 2. The zero-order chi connectivity index (χ0) is 11.7. The standard InChI is InChI=1S/C14H13N3/c1-17-10-15-13-9-12(7-8-14(13)17)16-11-5-3-2-4-6-11/h2-10,16H,1H3. The Morgan fingerprint density at radius 1 is 1.00 bits per heavy atom.